The van der Waals surface area contributed by atoms with E-state index in [1.165, 1.54) is 4.88 Å². The van der Waals surface area contributed by atoms with E-state index >= 15 is 0 Å². The number of nitrogens with zero attached hydrogens (tertiary/aromatic N) is 1. The van der Waals surface area contributed by atoms with Gasteiger partial charge < -0.3 is 14.8 Å². The van der Waals surface area contributed by atoms with Crippen LogP contribution in [-0.4, -0.2) is 38.5 Å². The van der Waals surface area contributed by atoms with Crippen LogP contribution in [0.4, 0.5) is 5.13 Å². The molecule has 0 aliphatic carbocycles. The predicted octanol–water partition coefficient (Wildman–Crippen LogP) is 2.10. The lowest BCUT2D eigenvalue weighted by Gasteiger charge is -2.20. The highest BCUT2D eigenvalue weighted by Gasteiger charge is 2.18. The average Bonchev–Trinajstić information content (AvgIpc) is 2.79. The molecule has 16 heavy (non-hydrogen) atoms. The largest absolute Gasteiger partial charge is 0.383 e. The molecule has 2 heterocycles. The van der Waals surface area contributed by atoms with Gasteiger partial charge in [0, 0.05) is 37.9 Å². The minimum atomic E-state index is 0.643. The van der Waals surface area contributed by atoms with E-state index in [1.807, 2.05) is 6.20 Å². The Hall–Kier alpha value is -0.650. The second-order valence-corrected chi connectivity index (χ2v) is 4.94. The molecular formula is C11H18N2O2S. The molecule has 0 saturated carbocycles. The van der Waals surface area contributed by atoms with E-state index in [2.05, 4.69) is 10.3 Å². The van der Waals surface area contributed by atoms with Crippen LogP contribution in [0.25, 0.3) is 0 Å². The molecule has 0 radical (unpaired) electrons. The molecule has 0 amide bonds. The molecule has 0 atom stereocenters. The maximum absolute atomic E-state index is 5.36. The molecule has 0 bridgehead atoms. The predicted molar refractivity (Wildman–Crippen MR) is 65.3 cm³/mol. The van der Waals surface area contributed by atoms with Gasteiger partial charge in [-0.2, -0.15) is 0 Å². The molecule has 1 saturated heterocycles. The summed E-state index contributed by atoms with van der Waals surface area (Å²) in [6.45, 7) is 3.30. The van der Waals surface area contributed by atoms with Crippen molar-refractivity contribution in [3.05, 3.63) is 11.1 Å². The van der Waals surface area contributed by atoms with E-state index in [4.69, 9.17) is 9.47 Å². The van der Waals surface area contributed by atoms with E-state index in [0.29, 0.717) is 12.5 Å². The molecule has 4 nitrogen and oxygen atoms in total. The number of thiazole rings is 1. The van der Waals surface area contributed by atoms with Crippen molar-refractivity contribution in [2.24, 2.45) is 0 Å². The molecule has 0 unspecified atom stereocenters. The van der Waals surface area contributed by atoms with E-state index in [9.17, 15) is 0 Å². The topological polar surface area (TPSA) is 43.4 Å². The zero-order chi connectivity index (χ0) is 11.2. The molecule has 5 heteroatoms. The standard InChI is InChI=1S/C11H18N2O2S/c1-14-7-4-12-11-13-8-10(16-11)9-2-5-15-6-3-9/h8-9H,2-7H2,1H3,(H,12,13). The first-order valence-electron chi connectivity index (χ1n) is 5.66. The molecule has 2 rings (SSSR count). The molecule has 1 N–H and O–H groups in total. The third kappa shape index (κ3) is 3.17. The van der Waals surface area contributed by atoms with Crippen LogP contribution in [0.1, 0.15) is 23.6 Å². The Morgan fingerprint density at radius 2 is 2.38 bits per heavy atom. The summed E-state index contributed by atoms with van der Waals surface area (Å²) < 4.78 is 10.3. The summed E-state index contributed by atoms with van der Waals surface area (Å²) in [5.41, 5.74) is 0. The van der Waals surface area contributed by atoms with Crippen LogP contribution >= 0.6 is 11.3 Å². The van der Waals surface area contributed by atoms with Gasteiger partial charge in [-0.3, -0.25) is 0 Å². The third-order valence-corrected chi connectivity index (χ3v) is 3.85. The van der Waals surface area contributed by atoms with E-state index in [0.717, 1.165) is 37.7 Å². The van der Waals surface area contributed by atoms with Gasteiger partial charge in [0.05, 0.1) is 6.61 Å². The number of aromatic nitrogens is 1. The van der Waals surface area contributed by atoms with Gasteiger partial charge in [0.2, 0.25) is 0 Å². The number of ether oxygens (including phenoxy) is 2. The number of anilines is 1. The monoisotopic (exact) mass is 242 g/mol. The van der Waals surface area contributed by atoms with E-state index in [-0.39, 0.29) is 0 Å². The zero-order valence-corrected chi connectivity index (χ0v) is 10.4. The molecule has 1 aliphatic heterocycles. The smallest absolute Gasteiger partial charge is 0.182 e. The Bertz CT molecular complexity index is 311. The maximum atomic E-state index is 5.36. The van der Waals surface area contributed by atoms with Crippen molar-refractivity contribution in [2.45, 2.75) is 18.8 Å². The van der Waals surface area contributed by atoms with Crippen LogP contribution in [0.15, 0.2) is 6.20 Å². The van der Waals surface area contributed by atoms with Crippen molar-refractivity contribution in [1.82, 2.24) is 4.98 Å². The lowest BCUT2D eigenvalue weighted by atomic mass is 9.99. The van der Waals surface area contributed by atoms with Gasteiger partial charge in [-0.1, -0.05) is 0 Å². The van der Waals surface area contributed by atoms with Crippen LogP contribution in [0.3, 0.4) is 0 Å². The first kappa shape index (κ1) is 11.8. The van der Waals surface area contributed by atoms with Crippen LogP contribution in [0, 0.1) is 0 Å². The Kier molecular flexibility index (Phi) is 4.56. The number of methoxy groups -OCH3 is 1. The Morgan fingerprint density at radius 3 is 3.12 bits per heavy atom. The van der Waals surface area contributed by atoms with Gasteiger partial charge in [0.15, 0.2) is 5.13 Å². The summed E-state index contributed by atoms with van der Waals surface area (Å²) >= 11 is 1.76. The molecule has 0 aromatic carbocycles. The van der Waals surface area contributed by atoms with Crippen LogP contribution in [0.5, 0.6) is 0 Å². The number of nitrogens with one attached hydrogen (secondary N) is 1. The summed E-state index contributed by atoms with van der Waals surface area (Å²) in [4.78, 5) is 5.75. The minimum absolute atomic E-state index is 0.643. The van der Waals surface area contributed by atoms with E-state index < -0.39 is 0 Å². The maximum Gasteiger partial charge on any atom is 0.182 e. The van der Waals surface area contributed by atoms with Crippen molar-refractivity contribution < 1.29 is 9.47 Å². The molecule has 1 aliphatic rings. The molecule has 90 valence electrons. The fourth-order valence-corrected chi connectivity index (χ4v) is 2.81. The lowest BCUT2D eigenvalue weighted by Crippen LogP contribution is -2.12. The number of hydrogen-bond acceptors (Lipinski definition) is 5. The first-order valence-corrected chi connectivity index (χ1v) is 6.48. The highest BCUT2D eigenvalue weighted by molar-refractivity contribution is 7.15. The van der Waals surface area contributed by atoms with Crippen molar-refractivity contribution in [3.8, 4) is 0 Å². The fraction of sp³-hybridized carbons (Fsp3) is 0.727. The first-order chi connectivity index (χ1) is 7.90. The van der Waals surface area contributed by atoms with Gasteiger partial charge in [-0.25, -0.2) is 4.98 Å². The summed E-state index contributed by atoms with van der Waals surface area (Å²) in [5, 5.41) is 4.25. The minimum Gasteiger partial charge on any atom is -0.383 e. The molecule has 1 fully saturated rings. The molecule has 0 spiro atoms. The van der Waals surface area contributed by atoms with Crippen molar-refractivity contribution in [1.29, 1.82) is 0 Å². The number of rotatable bonds is 5. The van der Waals surface area contributed by atoms with Crippen LogP contribution in [0.2, 0.25) is 0 Å². The SMILES string of the molecule is COCCNc1ncc(C2CCOCC2)s1. The summed E-state index contributed by atoms with van der Waals surface area (Å²) in [5.74, 6) is 0.643. The lowest BCUT2D eigenvalue weighted by molar-refractivity contribution is 0.0860. The average molecular weight is 242 g/mol. The van der Waals surface area contributed by atoms with Gasteiger partial charge in [0.1, 0.15) is 0 Å². The van der Waals surface area contributed by atoms with Gasteiger partial charge in [-0.15, -0.1) is 11.3 Å². The fourth-order valence-electron chi connectivity index (χ4n) is 1.80. The van der Waals surface area contributed by atoms with E-state index in [1.54, 1.807) is 18.4 Å². The zero-order valence-electron chi connectivity index (χ0n) is 9.57. The Labute approximate surface area is 100.0 Å². The Balaban J connectivity index is 1.85. The van der Waals surface area contributed by atoms with Crippen molar-refractivity contribution in [3.63, 3.8) is 0 Å². The number of hydrogen-bond donors (Lipinski definition) is 1. The van der Waals surface area contributed by atoms with Crippen molar-refractivity contribution in [2.75, 3.05) is 38.8 Å². The quantitative estimate of drug-likeness (QED) is 0.803. The Morgan fingerprint density at radius 1 is 1.56 bits per heavy atom. The normalized spacial score (nSPS) is 17.6. The molecule has 1 aromatic rings. The van der Waals surface area contributed by atoms with Crippen LogP contribution in [-0.2, 0) is 9.47 Å². The van der Waals surface area contributed by atoms with Crippen molar-refractivity contribution >= 4 is 16.5 Å². The summed E-state index contributed by atoms with van der Waals surface area (Å²) in [7, 11) is 1.71. The second kappa shape index (κ2) is 6.18. The highest BCUT2D eigenvalue weighted by Crippen LogP contribution is 2.32. The summed E-state index contributed by atoms with van der Waals surface area (Å²) in [6, 6.07) is 0. The molecule has 1 aromatic heterocycles. The summed E-state index contributed by atoms with van der Waals surface area (Å²) in [6.07, 6.45) is 4.25. The van der Waals surface area contributed by atoms with Gasteiger partial charge in [-0.05, 0) is 18.8 Å². The third-order valence-electron chi connectivity index (χ3n) is 2.73. The highest BCUT2D eigenvalue weighted by atomic mass is 32.1. The molecular weight excluding hydrogens is 224 g/mol. The van der Waals surface area contributed by atoms with Gasteiger partial charge >= 0.3 is 0 Å². The van der Waals surface area contributed by atoms with Crippen LogP contribution < -0.4 is 5.32 Å². The van der Waals surface area contributed by atoms with Gasteiger partial charge in [0.25, 0.3) is 0 Å². The second-order valence-electron chi connectivity index (χ2n) is 3.87.